The minimum atomic E-state index is -0.369. The molecule has 10 heteroatoms. The highest BCUT2D eigenvalue weighted by Gasteiger charge is 2.13. The first-order valence-corrected chi connectivity index (χ1v) is 12.1. The molecule has 0 aliphatic rings. The third-order valence-corrected chi connectivity index (χ3v) is 5.82. The largest absolute Gasteiger partial charge is 0.494 e. The zero-order valence-electron chi connectivity index (χ0n) is 19.6. The fourth-order valence-electron chi connectivity index (χ4n) is 3.35. The molecule has 3 N–H and O–H groups in total. The van der Waals surface area contributed by atoms with Crippen LogP contribution in [-0.2, 0) is 6.54 Å². The van der Waals surface area contributed by atoms with Crippen molar-refractivity contribution in [3.63, 3.8) is 0 Å². The number of hydrogen-bond acceptors (Lipinski definition) is 6. The lowest BCUT2D eigenvalue weighted by Crippen LogP contribution is -2.36. The van der Waals surface area contributed by atoms with Crippen molar-refractivity contribution < 1.29 is 14.3 Å². The summed E-state index contributed by atoms with van der Waals surface area (Å²) >= 11 is 1.40. The number of urea groups is 1. The topological polar surface area (TPSA) is 110 Å². The van der Waals surface area contributed by atoms with Gasteiger partial charge in [-0.1, -0.05) is 0 Å². The third-order valence-electron chi connectivity index (χ3n) is 4.96. The Morgan fingerprint density at radius 2 is 1.94 bits per heavy atom. The summed E-state index contributed by atoms with van der Waals surface area (Å²) in [5, 5.41) is 10.5. The van der Waals surface area contributed by atoms with Gasteiger partial charge >= 0.3 is 6.03 Å². The number of carbonyl (C=O) groups is 2. The second-order valence-corrected chi connectivity index (χ2v) is 8.08. The highest BCUT2D eigenvalue weighted by molar-refractivity contribution is 7.07. The molecule has 0 saturated heterocycles. The fraction of sp³-hybridized carbons (Fsp3) is 0.333. The van der Waals surface area contributed by atoms with Crippen molar-refractivity contribution in [1.29, 1.82) is 0 Å². The summed E-state index contributed by atoms with van der Waals surface area (Å²) in [5.74, 6) is 0.433. The predicted octanol–water partition coefficient (Wildman–Crippen LogP) is 3.50. The lowest BCUT2D eigenvalue weighted by atomic mass is 10.1. The summed E-state index contributed by atoms with van der Waals surface area (Å²) in [7, 11) is 1.75. The molecule has 2 heterocycles. The highest BCUT2D eigenvalue weighted by Crippen LogP contribution is 2.24. The number of anilines is 1. The summed E-state index contributed by atoms with van der Waals surface area (Å²) in [6, 6.07) is 9.37. The van der Waals surface area contributed by atoms with Crippen molar-refractivity contribution in [2.24, 2.45) is 4.99 Å². The number of amides is 3. The maximum Gasteiger partial charge on any atom is 0.314 e. The molecule has 0 unspecified atom stereocenters. The molecule has 0 aliphatic carbocycles. The van der Waals surface area contributed by atoms with E-state index in [9.17, 15) is 9.59 Å². The van der Waals surface area contributed by atoms with Gasteiger partial charge in [-0.3, -0.25) is 9.78 Å². The molecule has 3 amide bonds. The van der Waals surface area contributed by atoms with Crippen molar-refractivity contribution >= 4 is 29.0 Å². The lowest BCUT2D eigenvalue weighted by molar-refractivity contribution is 0.0998. The summed E-state index contributed by atoms with van der Waals surface area (Å²) in [5.41, 5.74) is 3.01. The molecule has 0 aliphatic heterocycles. The highest BCUT2D eigenvalue weighted by atomic mass is 32.1. The first-order valence-electron chi connectivity index (χ1n) is 11.2. The lowest BCUT2D eigenvalue weighted by Gasteiger charge is -2.11. The van der Waals surface area contributed by atoms with E-state index in [1.165, 1.54) is 17.5 Å². The number of benzene rings is 1. The molecule has 1 aromatic carbocycles. The number of carbonyl (C=O) groups excluding carboxylic acids is 2. The summed E-state index contributed by atoms with van der Waals surface area (Å²) < 4.78 is 7.56. The quantitative estimate of drug-likeness (QED) is 0.383. The minimum absolute atomic E-state index is 0.194. The van der Waals surface area contributed by atoms with Crippen molar-refractivity contribution in [2.45, 2.75) is 26.8 Å². The van der Waals surface area contributed by atoms with Gasteiger partial charge in [-0.05, 0) is 56.2 Å². The van der Waals surface area contributed by atoms with Gasteiger partial charge in [0.1, 0.15) is 5.75 Å². The van der Waals surface area contributed by atoms with Crippen LogP contribution in [0.4, 0.5) is 10.5 Å². The normalized spacial score (nSPS) is 11.2. The Balaban J connectivity index is 1.91. The first-order chi connectivity index (χ1) is 16.6. The van der Waals surface area contributed by atoms with Crippen LogP contribution in [0.3, 0.4) is 0 Å². The monoisotopic (exact) mass is 482 g/mol. The molecular weight excluding hydrogens is 452 g/mol. The number of nitrogens with zero attached hydrogens (tertiary/aromatic N) is 3. The zero-order valence-corrected chi connectivity index (χ0v) is 20.4. The Morgan fingerprint density at radius 3 is 2.65 bits per heavy atom. The average Bonchev–Trinajstić information content (AvgIpc) is 3.24. The van der Waals surface area contributed by atoms with Crippen molar-refractivity contribution in [3.05, 3.63) is 58.5 Å². The third kappa shape index (κ3) is 6.44. The molecule has 3 rings (SSSR count). The maximum absolute atomic E-state index is 13.0. The van der Waals surface area contributed by atoms with E-state index >= 15 is 0 Å². The smallest absolute Gasteiger partial charge is 0.314 e. The maximum atomic E-state index is 13.0. The van der Waals surface area contributed by atoms with Crippen LogP contribution in [-0.4, -0.2) is 48.2 Å². The molecular formula is C24H30N6O3S. The summed E-state index contributed by atoms with van der Waals surface area (Å²) in [6.45, 7) is 6.07. The Labute approximate surface area is 202 Å². The first kappa shape index (κ1) is 25.0. The SMILES string of the molecule is CCNC(=O)NCCCn1c(-c2ccc(OCC)cc2)csc1=NC(=O)c1cnccc1NC. The van der Waals surface area contributed by atoms with Crippen LogP contribution in [0.2, 0.25) is 0 Å². The van der Waals surface area contributed by atoms with Crippen LogP contribution in [0.1, 0.15) is 30.6 Å². The molecule has 0 spiro atoms. The second kappa shape index (κ2) is 12.5. The van der Waals surface area contributed by atoms with Gasteiger partial charge in [-0.25, -0.2) is 4.79 Å². The van der Waals surface area contributed by atoms with Gasteiger partial charge in [-0.2, -0.15) is 4.99 Å². The molecule has 34 heavy (non-hydrogen) atoms. The van der Waals surface area contributed by atoms with E-state index in [0.29, 0.717) is 48.7 Å². The van der Waals surface area contributed by atoms with Gasteiger partial charge < -0.3 is 25.3 Å². The molecule has 0 saturated carbocycles. The fourth-order valence-corrected chi connectivity index (χ4v) is 4.28. The Morgan fingerprint density at radius 1 is 1.15 bits per heavy atom. The molecule has 0 bridgehead atoms. The molecule has 2 aromatic heterocycles. The van der Waals surface area contributed by atoms with Crippen LogP contribution < -0.4 is 25.5 Å². The minimum Gasteiger partial charge on any atom is -0.494 e. The van der Waals surface area contributed by atoms with Gasteiger partial charge in [0.25, 0.3) is 5.91 Å². The van der Waals surface area contributed by atoms with Crippen molar-refractivity contribution in [3.8, 4) is 17.0 Å². The summed E-state index contributed by atoms with van der Waals surface area (Å²) in [6.07, 6.45) is 3.81. The number of thiazole rings is 1. The van der Waals surface area contributed by atoms with Gasteiger partial charge in [0.2, 0.25) is 0 Å². The van der Waals surface area contributed by atoms with E-state index in [4.69, 9.17) is 4.74 Å². The Kier molecular flexibility index (Phi) is 9.21. The van der Waals surface area contributed by atoms with Crippen LogP contribution in [0.5, 0.6) is 5.75 Å². The molecule has 3 aromatic rings. The Bertz CT molecular complexity index is 1170. The molecule has 180 valence electrons. The van der Waals surface area contributed by atoms with Crippen LogP contribution in [0, 0.1) is 0 Å². The molecule has 0 fully saturated rings. The predicted molar refractivity (Wildman–Crippen MR) is 134 cm³/mol. The van der Waals surface area contributed by atoms with Crippen LogP contribution >= 0.6 is 11.3 Å². The second-order valence-electron chi connectivity index (χ2n) is 7.24. The van der Waals surface area contributed by atoms with Crippen LogP contribution in [0.15, 0.2) is 53.1 Å². The van der Waals surface area contributed by atoms with Gasteiger partial charge in [0.05, 0.1) is 17.9 Å². The summed E-state index contributed by atoms with van der Waals surface area (Å²) in [4.78, 5) is 33.7. The average molecular weight is 483 g/mol. The number of aromatic nitrogens is 2. The van der Waals surface area contributed by atoms with E-state index in [1.54, 1.807) is 19.3 Å². The zero-order chi connectivity index (χ0) is 24.3. The van der Waals surface area contributed by atoms with E-state index in [-0.39, 0.29) is 11.9 Å². The number of nitrogens with one attached hydrogen (secondary N) is 3. The standard InChI is InChI=1S/C24H30N6O3S/c1-4-27-23(32)28-12-6-14-30-21(17-7-9-18(10-8-17)33-5-2)16-34-24(30)29-22(31)19-15-26-13-11-20(19)25-3/h7-11,13,15-16H,4-6,12,14H2,1-3H3,(H,25,26)(H2,27,28,32). The van der Waals surface area contributed by atoms with Crippen molar-refractivity contribution in [1.82, 2.24) is 20.2 Å². The molecule has 0 atom stereocenters. The van der Waals surface area contributed by atoms with Gasteiger partial charge in [0.15, 0.2) is 4.80 Å². The van der Waals surface area contributed by atoms with Gasteiger partial charge in [0, 0.05) is 50.1 Å². The van der Waals surface area contributed by atoms with Crippen LogP contribution in [0.25, 0.3) is 11.3 Å². The Hall–Kier alpha value is -3.66. The number of hydrogen-bond donors (Lipinski definition) is 3. The van der Waals surface area contributed by atoms with E-state index < -0.39 is 0 Å². The number of rotatable bonds is 10. The van der Waals surface area contributed by atoms with E-state index in [2.05, 4.69) is 25.9 Å². The molecule has 0 radical (unpaired) electrons. The van der Waals surface area contributed by atoms with Gasteiger partial charge in [-0.15, -0.1) is 11.3 Å². The van der Waals surface area contributed by atoms with E-state index in [0.717, 1.165) is 17.0 Å². The number of ether oxygens (including phenoxy) is 1. The van der Waals surface area contributed by atoms with E-state index in [1.807, 2.05) is 48.1 Å². The van der Waals surface area contributed by atoms with Crippen molar-refractivity contribution in [2.75, 3.05) is 32.1 Å². The molecule has 9 nitrogen and oxygen atoms in total. The number of pyridine rings is 1.